The molecule has 1 aromatic rings. The van der Waals surface area contributed by atoms with Crippen molar-refractivity contribution in [3.05, 3.63) is 23.8 Å². The van der Waals surface area contributed by atoms with Crippen molar-refractivity contribution in [2.24, 2.45) is 10.8 Å². The number of phenolic OH excluding ortho intramolecular Hbond substituents is 2. The Labute approximate surface area is 111 Å². The lowest BCUT2D eigenvalue weighted by molar-refractivity contribution is 0.199. The van der Waals surface area contributed by atoms with Gasteiger partial charge in [0.2, 0.25) is 0 Å². The first-order chi connectivity index (χ1) is 8.09. The van der Waals surface area contributed by atoms with Gasteiger partial charge in [-0.15, -0.1) is 0 Å². The first-order valence-corrected chi connectivity index (χ1v) is 6.60. The summed E-state index contributed by atoms with van der Waals surface area (Å²) in [6, 6.07) is 4.84. The molecular weight excluding hydrogens is 224 g/mol. The molecule has 2 N–H and O–H groups in total. The van der Waals surface area contributed by atoms with Crippen LogP contribution in [0.3, 0.4) is 0 Å². The standard InChI is InChI=1S/C16H26O2/c1-15(2,3)11-16(4,5)9-8-12-6-7-13(17)10-14(12)18/h6-7,10,17-18H,8-9,11H2,1-5H3. The zero-order valence-electron chi connectivity index (χ0n) is 12.2. The summed E-state index contributed by atoms with van der Waals surface area (Å²) in [6.45, 7) is 11.3. The van der Waals surface area contributed by atoms with Crippen LogP contribution in [0.4, 0.5) is 0 Å². The number of hydrogen-bond acceptors (Lipinski definition) is 2. The molecule has 0 aliphatic rings. The second kappa shape index (κ2) is 5.21. The molecule has 102 valence electrons. The smallest absolute Gasteiger partial charge is 0.122 e. The molecule has 2 nitrogen and oxygen atoms in total. The van der Waals surface area contributed by atoms with Crippen LogP contribution < -0.4 is 0 Å². The van der Waals surface area contributed by atoms with Gasteiger partial charge < -0.3 is 10.2 Å². The van der Waals surface area contributed by atoms with Crippen LogP contribution in [-0.4, -0.2) is 10.2 Å². The Kier molecular flexibility index (Phi) is 4.31. The van der Waals surface area contributed by atoms with E-state index in [2.05, 4.69) is 34.6 Å². The summed E-state index contributed by atoms with van der Waals surface area (Å²) in [5, 5.41) is 19.0. The summed E-state index contributed by atoms with van der Waals surface area (Å²) in [6.07, 6.45) is 3.02. The van der Waals surface area contributed by atoms with Crippen LogP contribution in [0.5, 0.6) is 11.5 Å². The minimum Gasteiger partial charge on any atom is -0.508 e. The van der Waals surface area contributed by atoms with Crippen LogP contribution >= 0.6 is 0 Å². The van der Waals surface area contributed by atoms with Gasteiger partial charge in [0.15, 0.2) is 0 Å². The van der Waals surface area contributed by atoms with E-state index in [0.29, 0.717) is 5.41 Å². The van der Waals surface area contributed by atoms with E-state index in [1.54, 1.807) is 12.1 Å². The molecule has 0 bridgehead atoms. The van der Waals surface area contributed by atoms with Crippen molar-refractivity contribution in [1.29, 1.82) is 0 Å². The minimum atomic E-state index is 0.116. The second-order valence-corrected chi connectivity index (χ2v) is 7.21. The molecule has 0 unspecified atom stereocenters. The second-order valence-electron chi connectivity index (χ2n) is 7.21. The Morgan fingerprint density at radius 1 is 1.00 bits per heavy atom. The number of hydrogen-bond donors (Lipinski definition) is 2. The molecule has 0 saturated heterocycles. The normalized spacial score (nSPS) is 12.7. The first kappa shape index (κ1) is 14.9. The van der Waals surface area contributed by atoms with E-state index in [9.17, 15) is 10.2 Å². The SMILES string of the molecule is CC(C)(C)CC(C)(C)CCc1ccc(O)cc1O. The third-order valence-corrected chi connectivity index (χ3v) is 3.15. The van der Waals surface area contributed by atoms with Crippen molar-refractivity contribution in [2.75, 3.05) is 0 Å². The molecular formula is C16H26O2. The third-order valence-electron chi connectivity index (χ3n) is 3.15. The quantitative estimate of drug-likeness (QED) is 0.826. The van der Waals surface area contributed by atoms with Gasteiger partial charge in [-0.05, 0) is 41.7 Å². The molecule has 0 radical (unpaired) electrons. The van der Waals surface area contributed by atoms with E-state index in [-0.39, 0.29) is 16.9 Å². The number of aromatic hydroxyl groups is 2. The molecule has 0 aliphatic carbocycles. The minimum absolute atomic E-state index is 0.116. The fourth-order valence-electron chi connectivity index (χ4n) is 2.76. The Balaban J connectivity index is 2.64. The predicted molar refractivity (Wildman–Crippen MR) is 75.9 cm³/mol. The van der Waals surface area contributed by atoms with E-state index >= 15 is 0 Å². The lowest BCUT2D eigenvalue weighted by Gasteiger charge is -2.32. The summed E-state index contributed by atoms with van der Waals surface area (Å²) < 4.78 is 0. The van der Waals surface area contributed by atoms with Gasteiger partial charge in [-0.2, -0.15) is 0 Å². The molecule has 1 aromatic carbocycles. The fraction of sp³-hybridized carbons (Fsp3) is 0.625. The van der Waals surface area contributed by atoms with Crippen molar-refractivity contribution in [3.8, 4) is 11.5 Å². The third kappa shape index (κ3) is 4.99. The molecule has 0 amide bonds. The van der Waals surface area contributed by atoms with Gasteiger partial charge in [0.05, 0.1) is 0 Å². The maximum atomic E-state index is 9.76. The van der Waals surface area contributed by atoms with Gasteiger partial charge in [0.25, 0.3) is 0 Å². The van der Waals surface area contributed by atoms with Crippen LogP contribution in [0.2, 0.25) is 0 Å². The fourth-order valence-corrected chi connectivity index (χ4v) is 2.76. The van der Waals surface area contributed by atoms with E-state index in [1.807, 2.05) is 0 Å². The highest BCUT2D eigenvalue weighted by Crippen LogP contribution is 2.37. The van der Waals surface area contributed by atoms with E-state index < -0.39 is 0 Å². The van der Waals surface area contributed by atoms with Crippen LogP contribution in [0.15, 0.2) is 18.2 Å². The number of rotatable bonds is 4. The predicted octanol–water partition coefficient (Wildman–Crippen LogP) is 4.49. The molecule has 0 saturated carbocycles. The van der Waals surface area contributed by atoms with Gasteiger partial charge in [0, 0.05) is 6.07 Å². The molecule has 1 rings (SSSR count). The summed E-state index contributed by atoms with van der Waals surface area (Å²) in [7, 11) is 0. The van der Waals surface area contributed by atoms with Crippen molar-refractivity contribution in [2.45, 2.75) is 53.9 Å². The molecule has 0 atom stereocenters. The molecule has 0 spiro atoms. The molecule has 18 heavy (non-hydrogen) atoms. The average molecular weight is 250 g/mol. The van der Waals surface area contributed by atoms with Crippen LogP contribution in [0.25, 0.3) is 0 Å². The Bertz CT molecular complexity index is 400. The summed E-state index contributed by atoms with van der Waals surface area (Å²) in [5.41, 5.74) is 1.48. The molecule has 0 heterocycles. The molecule has 0 aliphatic heterocycles. The summed E-state index contributed by atoms with van der Waals surface area (Å²) in [4.78, 5) is 0. The molecule has 2 heteroatoms. The summed E-state index contributed by atoms with van der Waals surface area (Å²) >= 11 is 0. The molecule has 0 fully saturated rings. The van der Waals surface area contributed by atoms with Crippen molar-refractivity contribution in [1.82, 2.24) is 0 Å². The van der Waals surface area contributed by atoms with Crippen molar-refractivity contribution in [3.63, 3.8) is 0 Å². The van der Waals surface area contributed by atoms with E-state index in [4.69, 9.17) is 0 Å². The average Bonchev–Trinajstić information content (AvgIpc) is 2.12. The summed E-state index contributed by atoms with van der Waals surface area (Å²) in [5.74, 6) is 0.312. The van der Waals surface area contributed by atoms with E-state index in [1.165, 1.54) is 6.07 Å². The monoisotopic (exact) mass is 250 g/mol. The number of aryl methyl sites for hydroxylation is 1. The van der Waals surface area contributed by atoms with Crippen LogP contribution in [-0.2, 0) is 6.42 Å². The topological polar surface area (TPSA) is 40.5 Å². The maximum absolute atomic E-state index is 9.76. The zero-order chi connectivity index (χ0) is 14.0. The number of benzene rings is 1. The largest absolute Gasteiger partial charge is 0.508 e. The van der Waals surface area contributed by atoms with Gasteiger partial charge in [-0.1, -0.05) is 40.7 Å². The van der Waals surface area contributed by atoms with E-state index in [0.717, 1.165) is 24.8 Å². The van der Waals surface area contributed by atoms with Crippen molar-refractivity contribution < 1.29 is 10.2 Å². The Morgan fingerprint density at radius 3 is 2.11 bits per heavy atom. The van der Waals surface area contributed by atoms with Crippen LogP contribution in [0.1, 0.15) is 53.0 Å². The van der Waals surface area contributed by atoms with Gasteiger partial charge in [-0.25, -0.2) is 0 Å². The highest BCUT2D eigenvalue weighted by molar-refractivity contribution is 5.38. The Morgan fingerprint density at radius 2 is 1.61 bits per heavy atom. The lowest BCUT2D eigenvalue weighted by Crippen LogP contribution is -2.21. The van der Waals surface area contributed by atoms with Gasteiger partial charge >= 0.3 is 0 Å². The zero-order valence-corrected chi connectivity index (χ0v) is 12.2. The highest BCUT2D eigenvalue weighted by Gasteiger charge is 2.25. The maximum Gasteiger partial charge on any atom is 0.122 e. The van der Waals surface area contributed by atoms with Crippen LogP contribution in [0, 0.1) is 10.8 Å². The highest BCUT2D eigenvalue weighted by atomic mass is 16.3. The van der Waals surface area contributed by atoms with Gasteiger partial charge in [-0.3, -0.25) is 0 Å². The molecule has 0 aromatic heterocycles. The van der Waals surface area contributed by atoms with Crippen molar-refractivity contribution >= 4 is 0 Å². The number of phenols is 2. The lowest BCUT2D eigenvalue weighted by atomic mass is 9.73. The van der Waals surface area contributed by atoms with Gasteiger partial charge in [0.1, 0.15) is 11.5 Å². The first-order valence-electron chi connectivity index (χ1n) is 6.60. The Hall–Kier alpha value is -1.18.